The van der Waals surface area contributed by atoms with Gasteiger partial charge in [-0.3, -0.25) is 19.5 Å². The quantitative estimate of drug-likeness (QED) is 0.287. The second kappa shape index (κ2) is 7.90. The van der Waals surface area contributed by atoms with Gasteiger partial charge in [0.25, 0.3) is 5.78 Å². The highest BCUT2D eigenvalue weighted by Gasteiger charge is 2.48. The summed E-state index contributed by atoms with van der Waals surface area (Å²) in [5.41, 5.74) is 1.81. The molecule has 1 fully saturated rings. The number of thiazole rings is 1. The van der Waals surface area contributed by atoms with Gasteiger partial charge in [-0.1, -0.05) is 41.7 Å². The molecule has 2 aromatic heterocycles. The number of hydrogen-bond acceptors (Lipinski definition) is 7. The van der Waals surface area contributed by atoms with Crippen LogP contribution in [0.1, 0.15) is 17.2 Å². The number of methoxy groups -OCH3 is 1. The molecule has 5 rings (SSSR count). The number of ether oxygens (including phenoxy) is 1. The van der Waals surface area contributed by atoms with Crippen LogP contribution in [0.5, 0.6) is 5.75 Å². The minimum atomic E-state index is -0.833. The number of aromatic nitrogens is 2. The van der Waals surface area contributed by atoms with Gasteiger partial charge in [0.1, 0.15) is 11.5 Å². The summed E-state index contributed by atoms with van der Waals surface area (Å²) < 4.78 is 6.10. The number of rotatable bonds is 4. The van der Waals surface area contributed by atoms with Crippen molar-refractivity contribution in [2.45, 2.75) is 6.04 Å². The van der Waals surface area contributed by atoms with Crippen LogP contribution in [0.4, 0.5) is 5.13 Å². The number of aliphatic hydroxyl groups is 1. The van der Waals surface area contributed by atoms with Gasteiger partial charge < -0.3 is 9.84 Å². The van der Waals surface area contributed by atoms with Gasteiger partial charge in [0.2, 0.25) is 0 Å². The first-order chi connectivity index (χ1) is 15.6. The van der Waals surface area contributed by atoms with E-state index in [9.17, 15) is 14.7 Å². The number of Topliss-reactive ketones (excluding diaryl/α,β-unsaturated/α-hetero) is 1. The molecule has 0 saturated carbocycles. The minimum Gasteiger partial charge on any atom is -0.507 e. The second-order valence-electron chi connectivity index (χ2n) is 7.15. The van der Waals surface area contributed by atoms with Crippen molar-refractivity contribution in [1.29, 1.82) is 0 Å². The zero-order valence-corrected chi connectivity index (χ0v) is 17.7. The van der Waals surface area contributed by atoms with Crippen molar-refractivity contribution in [3.63, 3.8) is 0 Å². The van der Waals surface area contributed by atoms with Gasteiger partial charge in [0.05, 0.1) is 28.9 Å². The van der Waals surface area contributed by atoms with Crippen LogP contribution in [-0.4, -0.2) is 33.9 Å². The molecule has 1 aliphatic heterocycles. The number of amides is 1. The number of carbonyl (C=O) groups excluding carboxylic acids is 2. The van der Waals surface area contributed by atoms with Crippen LogP contribution in [-0.2, 0) is 9.59 Å². The first-order valence-electron chi connectivity index (χ1n) is 9.79. The number of benzene rings is 2. The molecule has 2 aromatic carbocycles. The molecule has 0 bridgehead atoms. The molecular formula is C24H17N3O4S. The summed E-state index contributed by atoms with van der Waals surface area (Å²) in [6.07, 6.45) is 3.17. The summed E-state index contributed by atoms with van der Waals surface area (Å²) in [7, 11) is 1.58. The lowest BCUT2D eigenvalue weighted by Crippen LogP contribution is -2.29. The summed E-state index contributed by atoms with van der Waals surface area (Å²) in [5, 5.41) is 11.4. The van der Waals surface area contributed by atoms with Gasteiger partial charge in [-0.2, -0.15) is 0 Å². The highest BCUT2D eigenvalue weighted by atomic mass is 32.1. The van der Waals surface area contributed by atoms with Crippen molar-refractivity contribution in [3.8, 4) is 5.75 Å². The summed E-state index contributed by atoms with van der Waals surface area (Å²) in [6.45, 7) is 0. The fraction of sp³-hybridized carbons (Fsp3) is 0.0833. The van der Waals surface area contributed by atoms with Crippen molar-refractivity contribution in [2.75, 3.05) is 12.0 Å². The largest absolute Gasteiger partial charge is 0.507 e. The van der Waals surface area contributed by atoms with E-state index in [4.69, 9.17) is 4.74 Å². The highest BCUT2D eigenvalue weighted by Crippen LogP contribution is 2.44. The molecule has 0 radical (unpaired) electrons. The Labute approximate surface area is 187 Å². The topological polar surface area (TPSA) is 92.6 Å². The Morgan fingerprint density at radius 1 is 1.06 bits per heavy atom. The van der Waals surface area contributed by atoms with E-state index in [0.29, 0.717) is 27.5 Å². The van der Waals surface area contributed by atoms with Gasteiger partial charge in [-0.25, -0.2) is 4.98 Å². The maximum atomic E-state index is 13.2. The molecule has 1 N–H and O–H groups in total. The van der Waals surface area contributed by atoms with Gasteiger partial charge >= 0.3 is 5.91 Å². The Morgan fingerprint density at radius 3 is 2.53 bits per heavy atom. The molecule has 4 aromatic rings. The summed E-state index contributed by atoms with van der Waals surface area (Å²) in [5.74, 6) is -1.05. The van der Waals surface area contributed by atoms with Gasteiger partial charge in [0.15, 0.2) is 5.13 Å². The lowest BCUT2D eigenvalue weighted by molar-refractivity contribution is -0.132. The summed E-state index contributed by atoms with van der Waals surface area (Å²) in [6, 6.07) is 16.7. The molecule has 1 unspecified atom stereocenters. The SMILES string of the molecule is COc1ccc2nc(N3C(=O)C(=O)/C(=C(/O)c4ccccc4)C3c3ccncc3)sc2c1. The van der Waals surface area contributed by atoms with Crippen molar-refractivity contribution in [3.05, 3.63) is 89.8 Å². The molecule has 32 heavy (non-hydrogen) atoms. The number of carbonyl (C=O) groups is 2. The zero-order valence-electron chi connectivity index (χ0n) is 16.9. The Bertz CT molecular complexity index is 1370. The average Bonchev–Trinajstić information content (AvgIpc) is 3.37. The van der Waals surface area contributed by atoms with Crippen molar-refractivity contribution < 1.29 is 19.4 Å². The van der Waals surface area contributed by atoms with Gasteiger partial charge in [-0.05, 0) is 35.9 Å². The number of hydrogen-bond donors (Lipinski definition) is 1. The third kappa shape index (κ3) is 3.21. The molecule has 1 aliphatic rings. The molecule has 0 spiro atoms. The molecule has 1 saturated heterocycles. The van der Waals surface area contributed by atoms with Crippen molar-refractivity contribution in [2.24, 2.45) is 0 Å². The number of ketones is 1. The van der Waals surface area contributed by atoms with Crippen LogP contribution < -0.4 is 9.64 Å². The predicted molar refractivity (Wildman–Crippen MR) is 122 cm³/mol. The Hall–Kier alpha value is -4.04. The minimum absolute atomic E-state index is 0.0178. The summed E-state index contributed by atoms with van der Waals surface area (Å²) >= 11 is 1.28. The summed E-state index contributed by atoms with van der Waals surface area (Å²) in [4.78, 5) is 36.3. The maximum Gasteiger partial charge on any atom is 0.301 e. The normalized spacial score (nSPS) is 17.8. The van der Waals surface area contributed by atoms with Crippen molar-refractivity contribution in [1.82, 2.24) is 9.97 Å². The number of pyridine rings is 1. The van der Waals surface area contributed by atoms with Crippen LogP contribution >= 0.6 is 11.3 Å². The van der Waals surface area contributed by atoms with E-state index < -0.39 is 17.7 Å². The number of anilines is 1. The lowest BCUT2D eigenvalue weighted by Gasteiger charge is -2.22. The molecule has 0 aliphatic carbocycles. The van der Waals surface area contributed by atoms with Crippen LogP contribution in [0.2, 0.25) is 0 Å². The zero-order chi connectivity index (χ0) is 22.2. The number of aliphatic hydroxyl groups excluding tert-OH is 1. The Balaban J connectivity index is 1.71. The van der Waals surface area contributed by atoms with E-state index in [2.05, 4.69) is 9.97 Å². The first kappa shape index (κ1) is 19.9. The second-order valence-corrected chi connectivity index (χ2v) is 8.15. The van der Waals surface area contributed by atoms with E-state index >= 15 is 0 Å². The molecule has 3 heterocycles. The molecule has 1 amide bonds. The molecule has 158 valence electrons. The third-order valence-electron chi connectivity index (χ3n) is 5.30. The van der Waals surface area contributed by atoms with E-state index in [1.807, 2.05) is 12.1 Å². The van der Waals surface area contributed by atoms with Gasteiger partial charge in [0, 0.05) is 18.0 Å². The van der Waals surface area contributed by atoms with Crippen LogP contribution in [0.25, 0.3) is 16.0 Å². The van der Waals surface area contributed by atoms with E-state index in [1.165, 1.54) is 16.2 Å². The monoisotopic (exact) mass is 443 g/mol. The van der Waals surface area contributed by atoms with Crippen LogP contribution in [0.15, 0.2) is 78.6 Å². The average molecular weight is 443 g/mol. The van der Waals surface area contributed by atoms with Gasteiger partial charge in [-0.15, -0.1) is 0 Å². The molecule has 7 nitrogen and oxygen atoms in total. The van der Waals surface area contributed by atoms with Crippen LogP contribution in [0, 0.1) is 0 Å². The molecule has 1 atom stereocenters. The maximum absolute atomic E-state index is 13.2. The highest BCUT2D eigenvalue weighted by molar-refractivity contribution is 7.22. The Kier molecular flexibility index (Phi) is 4.91. The lowest BCUT2D eigenvalue weighted by atomic mass is 9.96. The number of fused-ring (bicyclic) bond motifs is 1. The van der Waals surface area contributed by atoms with Crippen molar-refractivity contribution >= 4 is 44.1 Å². The molecule has 8 heteroatoms. The fourth-order valence-corrected chi connectivity index (χ4v) is 4.79. The predicted octanol–water partition coefficient (Wildman–Crippen LogP) is 4.33. The van der Waals surface area contributed by atoms with E-state index in [0.717, 1.165) is 4.70 Å². The van der Waals surface area contributed by atoms with Crippen LogP contribution in [0.3, 0.4) is 0 Å². The third-order valence-corrected chi connectivity index (χ3v) is 6.32. The van der Waals surface area contributed by atoms with E-state index in [-0.39, 0.29) is 11.3 Å². The Morgan fingerprint density at radius 2 is 1.81 bits per heavy atom. The first-order valence-corrected chi connectivity index (χ1v) is 10.6. The van der Waals surface area contributed by atoms with E-state index in [1.54, 1.807) is 68.0 Å². The smallest absolute Gasteiger partial charge is 0.301 e. The molecular weight excluding hydrogens is 426 g/mol. The fourth-order valence-electron chi connectivity index (χ4n) is 3.77. The number of nitrogens with zero attached hydrogens (tertiary/aromatic N) is 3. The standard InChI is InChI=1S/C24H17N3O4S/c1-31-16-7-8-17-18(13-16)32-24(26-17)27-20(14-9-11-25-12-10-14)19(22(29)23(27)30)21(28)15-5-3-2-4-6-15/h2-13,20,28H,1H3/b21-19+.